The molecule has 0 spiro atoms. The fraction of sp³-hybridized carbons (Fsp3) is 0.227. The van der Waals surface area contributed by atoms with Gasteiger partial charge in [0, 0.05) is 11.3 Å². The molecule has 0 aliphatic carbocycles. The van der Waals surface area contributed by atoms with E-state index in [4.69, 9.17) is 9.47 Å². The maximum absolute atomic E-state index is 12.4. The molecule has 29 heavy (non-hydrogen) atoms. The van der Waals surface area contributed by atoms with Crippen molar-refractivity contribution in [3.05, 3.63) is 64.2 Å². The first-order valence-corrected chi connectivity index (χ1v) is 9.85. The maximum atomic E-state index is 12.4. The molecule has 0 aliphatic rings. The molecule has 0 saturated heterocycles. The Kier molecular flexibility index (Phi) is 6.29. The molecular formula is C22H22N2O4S. The molecule has 0 saturated carbocycles. The number of anilines is 1. The number of amides is 1. The molecular weight excluding hydrogens is 388 g/mol. The third-order valence-electron chi connectivity index (χ3n) is 4.44. The zero-order chi connectivity index (χ0) is 21.0. The summed E-state index contributed by atoms with van der Waals surface area (Å²) in [5.74, 6) is -0.203. The minimum absolute atomic E-state index is 0.360. The van der Waals surface area contributed by atoms with Gasteiger partial charge in [0.1, 0.15) is 15.6 Å². The Hall–Kier alpha value is -3.19. The Morgan fingerprint density at radius 3 is 2.41 bits per heavy atom. The number of hydrogen-bond donors (Lipinski definition) is 1. The van der Waals surface area contributed by atoms with Gasteiger partial charge in [-0.3, -0.25) is 4.79 Å². The number of rotatable bonds is 6. The van der Waals surface area contributed by atoms with Crippen LogP contribution in [0.5, 0.6) is 5.75 Å². The first-order valence-electron chi connectivity index (χ1n) is 9.03. The Morgan fingerprint density at radius 2 is 1.76 bits per heavy atom. The number of esters is 1. The molecule has 150 valence electrons. The molecule has 0 unspecified atom stereocenters. The van der Waals surface area contributed by atoms with Crippen molar-refractivity contribution in [1.82, 2.24) is 4.98 Å². The SMILES string of the molecule is COc1ccc(-c2nc(C)c(C(=O)OCC(=O)Nc3ccc(C)c(C)c3)s2)cc1. The van der Waals surface area contributed by atoms with Crippen molar-refractivity contribution >= 4 is 28.9 Å². The molecule has 3 rings (SSSR count). The van der Waals surface area contributed by atoms with Gasteiger partial charge in [-0.15, -0.1) is 11.3 Å². The summed E-state index contributed by atoms with van der Waals surface area (Å²) >= 11 is 1.24. The molecule has 1 heterocycles. The first kappa shape index (κ1) is 20.5. The van der Waals surface area contributed by atoms with Crippen molar-refractivity contribution in [1.29, 1.82) is 0 Å². The number of aryl methyl sites for hydroxylation is 3. The predicted octanol–water partition coefficient (Wildman–Crippen LogP) is 4.54. The lowest BCUT2D eigenvalue weighted by Crippen LogP contribution is -2.21. The zero-order valence-corrected chi connectivity index (χ0v) is 17.6. The minimum atomic E-state index is -0.560. The molecule has 1 aromatic heterocycles. The molecule has 0 radical (unpaired) electrons. The van der Waals surface area contributed by atoms with Crippen molar-refractivity contribution in [3.63, 3.8) is 0 Å². The average molecular weight is 410 g/mol. The summed E-state index contributed by atoms with van der Waals surface area (Å²) in [5.41, 5.74) is 4.34. The number of nitrogens with one attached hydrogen (secondary N) is 1. The van der Waals surface area contributed by atoms with Crippen LogP contribution in [-0.4, -0.2) is 30.6 Å². The van der Waals surface area contributed by atoms with Crippen LogP contribution in [0.15, 0.2) is 42.5 Å². The van der Waals surface area contributed by atoms with E-state index in [0.29, 0.717) is 21.3 Å². The van der Waals surface area contributed by atoms with Gasteiger partial charge >= 0.3 is 5.97 Å². The van der Waals surface area contributed by atoms with Gasteiger partial charge in [0.25, 0.3) is 5.91 Å². The molecule has 2 aromatic carbocycles. The summed E-state index contributed by atoms with van der Waals surface area (Å²) in [7, 11) is 1.60. The monoisotopic (exact) mass is 410 g/mol. The smallest absolute Gasteiger partial charge is 0.350 e. The molecule has 3 aromatic rings. The second-order valence-electron chi connectivity index (χ2n) is 6.59. The van der Waals surface area contributed by atoms with E-state index in [1.54, 1.807) is 14.0 Å². The molecule has 0 bridgehead atoms. The van der Waals surface area contributed by atoms with Crippen molar-refractivity contribution in [2.45, 2.75) is 20.8 Å². The molecule has 6 nitrogen and oxygen atoms in total. The molecule has 1 amide bonds. The molecule has 0 aliphatic heterocycles. The van der Waals surface area contributed by atoms with Crippen LogP contribution in [0.4, 0.5) is 5.69 Å². The van der Waals surface area contributed by atoms with Crippen LogP contribution in [0.1, 0.15) is 26.5 Å². The van der Waals surface area contributed by atoms with Crippen molar-refractivity contribution in [3.8, 4) is 16.3 Å². The number of nitrogens with zero attached hydrogens (tertiary/aromatic N) is 1. The lowest BCUT2D eigenvalue weighted by molar-refractivity contribution is -0.119. The van der Waals surface area contributed by atoms with Crippen LogP contribution in [-0.2, 0) is 9.53 Å². The first-order chi connectivity index (χ1) is 13.9. The van der Waals surface area contributed by atoms with Gasteiger partial charge in [-0.1, -0.05) is 6.07 Å². The number of carbonyl (C=O) groups is 2. The number of ether oxygens (including phenoxy) is 2. The fourth-order valence-electron chi connectivity index (χ4n) is 2.66. The van der Waals surface area contributed by atoms with E-state index in [0.717, 1.165) is 22.4 Å². The van der Waals surface area contributed by atoms with E-state index in [2.05, 4.69) is 10.3 Å². The highest BCUT2D eigenvalue weighted by Crippen LogP contribution is 2.29. The number of hydrogen-bond acceptors (Lipinski definition) is 6. The highest BCUT2D eigenvalue weighted by atomic mass is 32.1. The third-order valence-corrected chi connectivity index (χ3v) is 5.63. The highest BCUT2D eigenvalue weighted by Gasteiger charge is 2.19. The Labute approximate surface area is 173 Å². The fourth-order valence-corrected chi connectivity index (χ4v) is 3.62. The molecule has 7 heteroatoms. The van der Waals surface area contributed by atoms with E-state index in [-0.39, 0.29) is 12.5 Å². The maximum Gasteiger partial charge on any atom is 0.350 e. The zero-order valence-electron chi connectivity index (χ0n) is 16.7. The largest absolute Gasteiger partial charge is 0.497 e. The van der Waals surface area contributed by atoms with Crippen LogP contribution in [0.2, 0.25) is 0 Å². The van der Waals surface area contributed by atoms with E-state index in [9.17, 15) is 9.59 Å². The van der Waals surface area contributed by atoms with E-state index in [1.807, 2.05) is 56.3 Å². The number of methoxy groups -OCH3 is 1. The van der Waals surface area contributed by atoms with Gasteiger partial charge in [0.2, 0.25) is 0 Å². The van der Waals surface area contributed by atoms with Gasteiger partial charge in [-0.05, 0) is 68.3 Å². The van der Waals surface area contributed by atoms with Crippen LogP contribution in [0.3, 0.4) is 0 Å². The lowest BCUT2D eigenvalue weighted by atomic mass is 10.1. The molecule has 1 N–H and O–H groups in total. The van der Waals surface area contributed by atoms with Crippen LogP contribution >= 0.6 is 11.3 Å². The van der Waals surface area contributed by atoms with Crippen molar-refractivity contribution < 1.29 is 19.1 Å². The average Bonchev–Trinajstić information content (AvgIpc) is 3.11. The van der Waals surface area contributed by atoms with Gasteiger partial charge in [-0.2, -0.15) is 0 Å². The quantitative estimate of drug-likeness (QED) is 0.604. The predicted molar refractivity (Wildman–Crippen MR) is 114 cm³/mol. The summed E-state index contributed by atoms with van der Waals surface area (Å²) in [4.78, 5) is 29.3. The van der Waals surface area contributed by atoms with Crippen LogP contribution in [0.25, 0.3) is 10.6 Å². The standard InChI is InChI=1S/C22H22N2O4S/c1-13-5-8-17(11-14(13)2)24-19(25)12-28-22(26)20-15(3)23-21(29-20)16-6-9-18(27-4)10-7-16/h5-11H,12H2,1-4H3,(H,24,25). The van der Waals surface area contributed by atoms with Crippen LogP contribution < -0.4 is 10.1 Å². The van der Waals surface area contributed by atoms with E-state index < -0.39 is 5.97 Å². The van der Waals surface area contributed by atoms with Crippen molar-refractivity contribution in [2.75, 3.05) is 19.0 Å². The summed E-state index contributed by atoms with van der Waals surface area (Å²) in [6.45, 7) is 5.36. The second-order valence-corrected chi connectivity index (χ2v) is 7.58. The van der Waals surface area contributed by atoms with Gasteiger partial charge in [0.05, 0.1) is 12.8 Å². The van der Waals surface area contributed by atoms with Gasteiger partial charge < -0.3 is 14.8 Å². The second kappa shape index (κ2) is 8.87. The van der Waals surface area contributed by atoms with Crippen LogP contribution in [0, 0.1) is 20.8 Å². The van der Waals surface area contributed by atoms with E-state index in [1.165, 1.54) is 11.3 Å². The minimum Gasteiger partial charge on any atom is -0.497 e. The third kappa shape index (κ3) is 5.00. The van der Waals surface area contributed by atoms with Gasteiger partial charge in [0.15, 0.2) is 6.61 Å². The highest BCUT2D eigenvalue weighted by molar-refractivity contribution is 7.17. The normalized spacial score (nSPS) is 10.5. The Balaban J connectivity index is 1.62. The number of aromatic nitrogens is 1. The lowest BCUT2D eigenvalue weighted by Gasteiger charge is -2.08. The van der Waals surface area contributed by atoms with Crippen molar-refractivity contribution in [2.24, 2.45) is 0 Å². The number of benzene rings is 2. The Morgan fingerprint density at radius 1 is 1.03 bits per heavy atom. The summed E-state index contributed by atoms with van der Waals surface area (Å²) in [6.07, 6.45) is 0. The topological polar surface area (TPSA) is 77.5 Å². The van der Waals surface area contributed by atoms with E-state index >= 15 is 0 Å². The Bertz CT molecular complexity index is 1040. The number of carbonyl (C=O) groups excluding carboxylic acids is 2. The molecule has 0 fully saturated rings. The molecule has 0 atom stereocenters. The summed E-state index contributed by atoms with van der Waals surface area (Å²) < 4.78 is 10.3. The van der Waals surface area contributed by atoms with Gasteiger partial charge in [-0.25, -0.2) is 9.78 Å². The summed E-state index contributed by atoms with van der Waals surface area (Å²) in [5, 5.41) is 3.44. The number of thiazole rings is 1. The summed E-state index contributed by atoms with van der Waals surface area (Å²) in [6, 6.07) is 13.0.